The summed E-state index contributed by atoms with van der Waals surface area (Å²) in [7, 11) is 0. The van der Waals surface area contributed by atoms with Crippen molar-refractivity contribution in [1.82, 2.24) is 0 Å². The Bertz CT molecular complexity index is 390. The highest BCUT2D eigenvalue weighted by Crippen LogP contribution is 2.27. The lowest BCUT2D eigenvalue weighted by Gasteiger charge is -2.27. The smallest absolute Gasteiger partial charge is 0.119 e. The van der Waals surface area contributed by atoms with Gasteiger partial charge in [0.05, 0.1) is 18.6 Å². The van der Waals surface area contributed by atoms with Crippen LogP contribution in [0.1, 0.15) is 38.2 Å². The average molecular weight is 229 g/mol. The fraction of sp³-hybridized carbons (Fsp3) is 0.533. The summed E-state index contributed by atoms with van der Waals surface area (Å²) < 4.78 is 5.98. The second-order valence-electron chi connectivity index (χ2n) is 4.99. The monoisotopic (exact) mass is 229 g/mol. The molecule has 0 radical (unpaired) electrons. The number of hydrogen-bond acceptors (Lipinski definition) is 2. The maximum Gasteiger partial charge on any atom is 0.119 e. The fourth-order valence-electron chi connectivity index (χ4n) is 2.46. The number of nitrogens with zero attached hydrogens (tertiary/aromatic N) is 1. The highest BCUT2D eigenvalue weighted by molar-refractivity contribution is 5.28. The number of rotatable bonds is 3. The van der Waals surface area contributed by atoms with E-state index in [4.69, 9.17) is 10.00 Å². The van der Waals surface area contributed by atoms with Crippen LogP contribution in [0.15, 0.2) is 24.3 Å². The van der Waals surface area contributed by atoms with E-state index in [1.807, 2.05) is 24.3 Å². The van der Waals surface area contributed by atoms with E-state index in [2.05, 4.69) is 13.0 Å². The molecule has 0 heterocycles. The Hall–Kier alpha value is -1.49. The zero-order valence-electron chi connectivity index (χ0n) is 10.4. The van der Waals surface area contributed by atoms with Crippen molar-refractivity contribution in [2.75, 3.05) is 0 Å². The van der Waals surface area contributed by atoms with E-state index < -0.39 is 0 Å². The number of ether oxygens (including phenoxy) is 1. The van der Waals surface area contributed by atoms with Crippen LogP contribution in [-0.2, 0) is 6.42 Å². The van der Waals surface area contributed by atoms with Gasteiger partial charge in [0.2, 0.25) is 0 Å². The summed E-state index contributed by atoms with van der Waals surface area (Å²) in [5, 5.41) is 8.60. The average Bonchev–Trinajstić information content (AvgIpc) is 2.32. The van der Waals surface area contributed by atoms with Crippen LogP contribution in [0.25, 0.3) is 0 Å². The maximum absolute atomic E-state index is 8.60. The van der Waals surface area contributed by atoms with E-state index in [1.54, 1.807) is 0 Å². The van der Waals surface area contributed by atoms with Crippen molar-refractivity contribution >= 4 is 0 Å². The number of nitriles is 1. The molecule has 0 N–H and O–H groups in total. The second-order valence-corrected chi connectivity index (χ2v) is 4.99. The van der Waals surface area contributed by atoms with Crippen LogP contribution in [-0.4, -0.2) is 6.10 Å². The predicted molar refractivity (Wildman–Crippen MR) is 67.8 cm³/mol. The Morgan fingerprint density at radius 3 is 2.71 bits per heavy atom. The minimum atomic E-state index is 0.376. The first-order valence-electron chi connectivity index (χ1n) is 6.40. The molecule has 0 bridgehead atoms. The summed E-state index contributed by atoms with van der Waals surface area (Å²) in [5.41, 5.74) is 1.05. The van der Waals surface area contributed by atoms with Crippen molar-refractivity contribution in [2.45, 2.75) is 45.1 Å². The lowest BCUT2D eigenvalue weighted by molar-refractivity contribution is 0.129. The molecule has 1 aliphatic rings. The third kappa shape index (κ3) is 3.49. The van der Waals surface area contributed by atoms with Gasteiger partial charge in [0.15, 0.2) is 0 Å². The highest BCUT2D eigenvalue weighted by atomic mass is 16.5. The molecule has 1 aromatic carbocycles. The van der Waals surface area contributed by atoms with Crippen LogP contribution >= 0.6 is 0 Å². The molecular weight excluding hydrogens is 210 g/mol. The molecular formula is C15H19NO. The maximum atomic E-state index is 8.60. The van der Waals surface area contributed by atoms with Crippen molar-refractivity contribution in [2.24, 2.45) is 5.92 Å². The SMILES string of the molecule is CC1CCCC(Oc2ccc(CC#N)cc2)C1. The molecule has 1 aliphatic carbocycles. The third-order valence-corrected chi connectivity index (χ3v) is 3.40. The number of benzene rings is 1. The van der Waals surface area contributed by atoms with Gasteiger partial charge in [-0.05, 0) is 42.9 Å². The van der Waals surface area contributed by atoms with E-state index in [0.717, 1.165) is 17.2 Å². The molecule has 17 heavy (non-hydrogen) atoms. The topological polar surface area (TPSA) is 33.0 Å². The Kier molecular flexibility index (Phi) is 4.03. The molecule has 0 spiro atoms. The summed E-state index contributed by atoms with van der Waals surface area (Å²) in [6, 6.07) is 10.1. The molecule has 1 aromatic rings. The minimum absolute atomic E-state index is 0.376. The first-order valence-corrected chi connectivity index (χ1v) is 6.40. The van der Waals surface area contributed by atoms with Gasteiger partial charge in [-0.15, -0.1) is 0 Å². The first kappa shape index (κ1) is 12.0. The Morgan fingerprint density at radius 1 is 1.29 bits per heavy atom. The van der Waals surface area contributed by atoms with Crippen molar-refractivity contribution in [3.05, 3.63) is 29.8 Å². The van der Waals surface area contributed by atoms with Crippen LogP contribution < -0.4 is 4.74 Å². The third-order valence-electron chi connectivity index (χ3n) is 3.40. The lowest BCUT2D eigenvalue weighted by Crippen LogP contribution is -2.24. The Balaban J connectivity index is 1.92. The van der Waals surface area contributed by atoms with Gasteiger partial charge >= 0.3 is 0 Å². The van der Waals surface area contributed by atoms with Gasteiger partial charge in [-0.1, -0.05) is 25.5 Å². The minimum Gasteiger partial charge on any atom is -0.490 e. The van der Waals surface area contributed by atoms with E-state index in [0.29, 0.717) is 12.5 Å². The van der Waals surface area contributed by atoms with Crippen molar-refractivity contribution < 1.29 is 4.74 Å². The molecule has 2 unspecified atom stereocenters. The zero-order chi connectivity index (χ0) is 12.1. The van der Waals surface area contributed by atoms with Crippen LogP contribution in [0.3, 0.4) is 0 Å². The zero-order valence-corrected chi connectivity index (χ0v) is 10.4. The van der Waals surface area contributed by atoms with Gasteiger partial charge in [0.25, 0.3) is 0 Å². The second kappa shape index (κ2) is 5.72. The summed E-state index contributed by atoms with van der Waals surface area (Å²) >= 11 is 0. The molecule has 0 aliphatic heterocycles. The van der Waals surface area contributed by atoms with E-state index in [-0.39, 0.29) is 0 Å². The van der Waals surface area contributed by atoms with Gasteiger partial charge in [-0.25, -0.2) is 0 Å². The molecule has 90 valence electrons. The first-order chi connectivity index (χ1) is 8.28. The lowest BCUT2D eigenvalue weighted by atomic mass is 9.89. The van der Waals surface area contributed by atoms with Gasteiger partial charge in [0, 0.05) is 0 Å². The highest BCUT2D eigenvalue weighted by Gasteiger charge is 2.19. The van der Waals surface area contributed by atoms with Crippen LogP contribution in [0.2, 0.25) is 0 Å². The van der Waals surface area contributed by atoms with Crippen molar-refractivity contribution in [3.8, 4) is 11.8 Å². The van der Waals surface area contributed by atoms with Crippen molar-refractivity contribution in [1.29, 1.82) is 5.26 Å². The molecule has 2 rings (SSSR count). The molecule has 0 saturated heterocycles. The molecule has 0 aromatic heterocycles. The summed E-state index contributed by atoms with van der Waals surface area (Å²) in [5.74, 6) is 1.72. The molecule has 2 heteroatoms. The van der Waals surface area contributed by atoms with Crippen LogP contribution in [0, 0.1) is 17.2 Å². The molecule has 1 saturated carbocycles. The summed E-state index contributed by atoms with van der Waals surface area (Å²) in [6.07, 6.45) is 5.80. The number of hydrogen-bond donors (Lipinski definition) is 0. The van der Waals surface area contributed by atoms with E-state index in [1.165, 1.54) is 25.7 Å². The molecule has 2 nitrogen and oxygen atoms in total. The standard InChI is InChI=1S/C15H19NO/c1-12-3-2-4-15(11-12)17-14-7-5-13(6-8-14)9-10-16/h5-8,12,15H,2-4,9,11H2,1H3. The predicted octanol–water partition coefficient (Wildman–Crippen LogP) is 3.71. The molecule has 0 amide bonds. The van der Waals surface area contributed by atoms with E-state index in [9.17, 15) is 0 Å². The Morgan fingerprint density at radius 2 is 2.06 bits per heavy atom. The van der Waals surface area contributed by atoms with E-state index >= 15 is 0 Å². The van der Waals surface area contributed by atoms with Gasteiger partial charge < -0.3 is 4.74 Å². The fourth-order valence-corrected chi connectivity index (χ4v) is 2.46. The molecule has 1 fully saturated rings. The largest absolute Gasteiger partial charge is 0.490 e. The van der Waals surface area contributed by atoms with Crippen molar-refractivity contribution in [3.63, 3.8) is 0 Å². The molecule has 2 atom stereocenters. The van der Waals surface area contributed by atoms with Gasteiger partial charge in [0.1, 0.15) is 5.75 Å². The van der Waals surface area contributed by atoms with Gasteiger partial charge in [-0.2, -0.15) is 5.26 Å². The van der Waals surface area contributed by atoms with Crippen LogP contribution in [0.5, 0.6) is 5.75 Å². The quantitative estimate of drug-likeness (QED) is 0.791. The van der Waals surface area contributed by atoms with Crippen LogP contribution in [0.4, 0.5) is 0 Å². The Labute approximate surface area is 103 Å². The normalized spacial score (nSPS) is 24.0. The van der Waals surface area contributed by atoms with Gasteiger partial charge in [-0.3, -0.25) is 0 Å². The summed E-state index contributed by atoms with van der Waals surface area (Å²) in [4.78, 5) is 0. The summed E-state index contributed by atoms with van der Waals surface area (Å²) in [6.45, 7) is 2.30.